The molecule has 0 unspecified atom stereocenters. The van der Waals surface area contributed by atoms with Gasteiger partial charge in [-0.05, 0) is 97.2 Å². The third kappa shape index (κ3) is 6.10. The SMILES string of the molecule is O=C(NCCNC(=O)c1ccc2cccc(C3CC3)c2c1)c1ccc(O[C@H]2CC[C@@H](C(=O)O)CC2)cc1. The summed E-state index contributed by atoms with van der Waals surface area (Å²) in [5, 5.41) is 17.1. The van der Waals surface area contributed by atoms with Crippen molar-refractivity contribution < 1.29 is 24.2 Å². The molecule has 3 aromatic rings. The van der Waals surface area contributed by atoms with E-state index in [9.17, 15) is 14.4 Å². The first-order chi connectivity index (χ1) is 18.0. The van der Waals surface area contributed by atoms with Crippen molar-refractivity contribution in [2.45, 2.75) is 50.5 Å². The van der Waals surface area contributed by atoms with Gasteiger partial charge in [0.05, 0.1) is 12.0 Å². The number of carbonyl (C=O) groups is 3. The number of rotatable bonds is 9. The molecule has 3 N–H and O–H groups in total. The lowest BCUT2D eigenvalue weighted by Crippen LogP contribution is -2.34. The van der Waals surface area contributed by atoms with E-state index >= 15 is 0 Å². The van der Waals surface area contributed by atoms with Crippen LogP contribution < -0.4 is 15.4 Å². The molecule has 0 radical (unpaired) electrons. The summed E-state index contributed by atoms with van der Waals surface area (Å²) in [6.45, 7) is 0.643. The maximum atomic E-state index is 12.7. The minimum Gasteiger partial charge on any atom is -0.490 e. The number of amides is 2. The second kappa shape index (κ2) is 11.0. The van der Waals surface area contributed by atoms with Crippen molar-refractivity contribution in [1.82, 2.24) is 10.6 Å². The average molecular weight is 501 g/mol. The summed E-state index contributed by atoms with van der Waals surface area (Å²) in [6.07, 6.45) is 5.10. The van der Waals surface area contributed by atoms with Crippen LogP contribution in [-0.2, 0) is 4.79 Å². The summed E-state index contributed by atoms with van der Waals surface area (Å²) >= 11 is 0. The van der Waals surface area contributed by atoms with Crippen molar-refractivity contribution in [3.8, 4) is 5.75 Å². The number of hydrogen-bond donors (Lipinski definition) is 3. The second-order valence-electron chi connectivity index (χ2n) is 10.0. The number of fused-ring (bicyclic) bond motifs is 1. The average Bonchev–Trinajstić information content (AvgIpc) is 3.76. The molecule has 0 spiro atoms. The fourth-order valence-corrected chi connectivity index (χ4v) is 5.05. The molecule has 0 atom stereocenters. The van der Waals surface area contributed by atoms with Crippen LogP contribution in [0.15, 0.2) is 60.7 Å². The first-order valence-corrected chi connectivity index (χ1v) is 13.1. The quantitative estimate of drug-likeness (QED) is 0.363. The van der Waals surface area contributed by atoms with E-state index in [0.29, 0.717) is 61.6 Å². The Labute approximate surface area is 216 Å². The number of carboxylic acids is 1. The number of aliphatic carboxylic acids is 1. The van der Waals surface area contributed by atoms with Gasteiger partial charge < -0.3 is 20.5 Å². The summed E-state index contributed by atoms with van der Waals surface area (Å²) in [5.74, 6) is -0.101. The largest absolute Gasteiger partial charge is 0.490 e. The van der Waals surface area contributed by atoms with E-state index in [-0.39, 0.29) is 23.8 Å². The van der Waals surface area contributed by atoms with Crippen LogP contribution in [0.2, 0.25) is 0 Å². The van der Waals surface area contributed by atoms with Crippen LogP contribution in [0.3, 0.4) is 0 Å². The first-order valence-electron chi connectivity index (χ1n) is 13.1. The highest BCUT2D eigenvalue weighted by Crippen LogP contribution is 2.43. The number of benzene rings is 3. The molecule has 2 aliphatic carbocycles. The van der Waals surface area contributed by atoms with Gasteiger partial charge in [-0.3, -0.25) is 14.4 Å². The Morgan fingerprint density at radius 1 is 0.784 bits per heavy atom. The van der Waals surface area contributed by atoms with E-state index in [0.717, 1.165) is 10.8 Å². The highest BCUT2D eigenvalue weighted by molar-refractivity contribution is 5.99. The van der Waals surface area contributed by atoms with Gasteiger partial charge in [0.1, 0.15) is 5.75 Å². The van der Waals surface area contributed by atoms with Gasteiger partial charge >= 0.3 is 5.97 Å². The molecule has 2 amide bonds. The minimum atomic E-state index is -0.732. The van der Waals surface area contributed by atoms with Crippen LogP contribution in [0.1, 0.15) is 70.7 Å². The predicted octanol–water partition coefficient (Wildman–Crippen LogP) is 4.90. The van der Waals surface area contributed by atoms with Crippen LogP contribution in [0.25, 0.3) is 10.8 Å². The van der Waals surface area contributed by atoms with E-state index in [2.05, 4.69) is 28.8 Å². The van der Waals surface area contributed by atoms with Gasteiger partial charge in [0.15, 0.2) is 0 Å². The number of ether oxygens (including phenoxy) is 1. The van der Waals surface area contributed by atoms with Crippen LogP contribution in [-0.4, -0.2) is 42.1 Å². The van der Waals surface area contributed by atoms with Crippen molar-refractivity contribution in [3.63, 3.8) is 0 Å². The Morgan fingerprint density at radius 3 is 2.08 bits per heavy atom. The highest BCUT2D eigenvalue weighted by Gasteiger charge is 2.27. The van der Waals surface area contributed by atoms with Gasteiger partial charge in [-0.1, -0.05) is 24.3 Å². The Hall–Kier alpha value is -3.87. The normalized spacial score (nSPS) is 19.2. The molecule has 2 saturated carbocycles. The van der Waals surface area contributed by atoms with E-state index in [1.165, 1.54) is 18.4 Å². The molecule has 0 aliphatic heterocycles. The Bertz CT molecular complexity index is 1290. The monoisotopic (exact) mass is 500 g/mol. The summed E-state index contributed by atoms with van der Waals surface area (Å²) in [5.41, 5.74) is 2.45. The molecule has 37 heavy (non-hydrogen) atoms. The van der Waals surface area contributed by atoms with Crippen molar-refractivity contribution in [3.05, 3.63) is 77.4 Å². The van der Waals surface area contributed by atoms with Crippen molar-refractivity contribution in [1.29, 1.82) is 0 Å². The molecule has 192 valence electrons. The van der Waals surface area contributed by atoms with Gasteiger partial charge in [0.2, 0.25) is 0 Å². The molecule has 0 bridgehead atoms. The number of hydrogen-bond acceptors (Lipinski definition) is 4. The lowest BCUT2D eigenvalue weighted by molar-refractivity contribution is -0.143. The fourth-order valence-electron chi connectivity index (χ4n) is 5.05. The molecule has 7 nitrogen and oxygen atoms in total. The molecule has 7 heteroatoms. The molecule has 0 aromatic heterocycles. The van der Waals surface area contributed by atoms with Crippen molar-refractivity contribution in [2.24, 2.45) is 5.92 Å². The van der Waals surface area contributed by atoms with Gasteiger partial charge in [-0.2, -0.15) is 0 Å². The molecule has 2 fully saturated rings. The minimum absolute atomic E-state index is 0.00165. The standard InChI is InChI=1S/C30H32N2O5/c33-28(21-8-12-24(13-9-21)37-25-14-10-22(11-15-25)30(35)36)31-16-17-32-29(34)23-7-6-19-2-1-3-26(20-4-5-20)27(19)18-23/h1-3,6-9,12-13,18,20,22,25H,4-5,10-11,14-17H2,(H,31,33)(H,32,34)(H,35,36)/t22-,25+. The van der Waals surface area contributed by atoms with Gasteiger partial charge in [-0.25, -0.2) is 0 Å². The fraction of sp³-hybridized carbons (Fsp3) is 0.367. The summed E-state index contributed by atoms with van der Waals surface area (Å²) < 4.78 is 5.96. The molecule has 0 saturated heterocycles. The van der Waals surface area contributed by atoms with E-state index in [4.69, 9.17) is 9.84 Å². The number of carbonyl (C=O) groups excluding carboxylic acids is 2. The van der Waals surface area contributed by atoms with Crippen LogP contribution >= 0.6 is 0 Å². The van der Waals surface area contributed by atoms with Gasteiger partial charge in [0, 0.05) is 24.2 Å². The zero-order valence-electron chi connectivity index (χ0n) is 20.7. The van der Waals surface area contributed by atoms with Gasteiger partial charge in [0.25, 0.3) is 11.8 Å². The van der Waals surface area contributed by atoms with Crippen LogP contribution in [0.5, 0.6) is 5.75 Å². The summed E-state index contributed by atoms with van der Waals surface area (Å²) in [4.78, 5) is 36.3. The summed E-state index contributed by atoms with van der Waals surface area (Å²) in [6, 6.07) is 19.0. The Morgan fingerprint density at radius 2 is 1.43 bits per heavy atom. The summed E-state index contributed by atoms with van der Waals surface area (Å²) in [7, 11) is 0. The third-order valence-electron chi connectivity index (χ3n) is 7.33. The zero-order valence-corrected chi connectivity index (χ0v) is 20.7. The number of carboxylic acid groups (broad SMARTS) is 1. The first kappa shape index (κ1) is 24.8. The van der Waals surface area contributed by atoms with E-state index < -0.39 is 5.97 Å². The maximum Gasteiger partial charge on any atom is 0.306 e. The second-order valence-corrected chi connectivity index (χ2v) is 10.0. The lowest BCUT2D eigenvalue weighted by atomic mass is 9.87. The van der Waals surface area contributed by atoms with E-state index in [1.807, 2.05) is 18.2 Å². The predicted molar refractivity (Wildman–Crippen MR) is 141 cm³/mol. The maximum absolute atomic E-state index is 12.7. The lowest BCUT2D eigenvalue weighted by Gasteiger charge is -2.26. The molecular weight excluding hydrogens is 468 g/mol. The Balaban J connectivity index is 1.07. The molecule has 0 heterocycles. The van der Waals surface area contributed by atoms with Crippen LogP contribution in [0, 0.1) is 5.92 Å². The highest BCUT2D eigenvalue weighted by atomic mass is 16.5. The van der Waals surface area contributed by atoms with Crippen molar-refractivity contribution in [2.75, 3.05) is 13.1 Å². The molecule has 5 rings (SSSR count). The number of nitrogens with one attached hydrogen (secondary N) is 2. The van der Waals surface area contributed by atoms with Crippen LogP contribution in [0.4, 0.5) is 0 Å². The smallest absolute Gasteiger partial charge is 0.306 e. The molecular formula is C30H32N2O5. The van der Waals surface area contributed by atoms with Gasteiger partial charge in [-0.15, -0.1) is 0 Å². The third-order valence-corrected chi connectivity index (χ3v) is 7.33. The molecule has 2 aliphatic rings. The molecule has 3 aromatic carbocycles. The van der Waals surface area contributed by atoms with E-state index in [1.54, 1.807) is 24.3 Å². The zero-order chi connectivity index (χ0) is 25.8. The topological polar surface area (TPSA) is 105 Å². The van der Waals surface area contributed by atoms with Crippen molar-refractivity contribution >= 4 is 28.6 Å². The Kier molecular flexibility index (Phi) is 7.40.